The Bertz CT molecular complexity index is 863. The summed E-state index contributed by atoms with van der Waals surface area (Å²) >= 11 is 0. The molecule has 148 valence electrons. The molecule has 1 heterocycles. The van der Waals surface area contributed by atoms with Gasteiger partial charge in [0.1, 0.15) is 5.82 Å². The number of hydrogen-bond acceptors (Lipinski definition) is 3. The highest BCUT2D eigenvalue weighted by molar-refractivity contribution is 6.01. The first-order chi connectivity index (χ1) is 13.4. The van der Waals surface area contributed by atoms with Crippen molar-refractivity contribution in [1.82, 2.24) is 5.32 Å². The summed E-state index contributed by atoms with van der Waals surface area (Å²) in [7, 11) is 0. The van der Waals surface area contributed by atoms with Crippen LogP contribution < -0.4 is 20.4 Å². The van der Waals surface area contributed by atoms with Gasteiger partial charge in [-0.15, -0.1) is 0 Å². The van der Waals surface area contributed by atoms with E-state index in [1.807, 2.05) is 0 Å². The summed E-state index contributed by atoms with van der Waals surface area (Å²) in [6.45, 7) is 7.79. The lowest BCUT2D eigenvalue weighted by atomic mass is 10.1. The van der Waals surface area contributed by atoms with Gasteiger partial charge in [0.15, 0.2) is 6.54 Å². The van der Waals surface area contributed by atoms with Crippen molar-refractivity contribution in [2.45, 2.75) is 13.8 Å². The van der Waals surface area contributed by atoms with E-state index in [2.05, 4.69) is 47.6 Å². The summed E-state index contributed by atoms with van der Waals surface area (Å²) in [5, 5.41) is 4.63. The molecule has 6 nitrogen and oxygen atoms in total. The van der Waals surface area contributed by atoms with Gasteiger partial charge in [-0.25, -0.2) is 9.18 Å². The summed E-state index contributed by atoms with van der Waals surface area (Å²) in [5.41, 5.74) is 3.84. The van der Waals surface area contributed by atoms with Crippen LogP contribution >= 0.6 is 0 Å². The van der Waals surface area contributed by atoms with Crippen LogP contribution in [-0.2, 0) is 4.79 Å². The van der Waals surface area contributed by atoms with Crippen LogP contribution in [0.1, 0.15) is 11.1 Å². The van der Waals surface area contributed by atoms with E-state index in [0.717, 1.165) is 31.1 Å². The molecular weight excluding hydrogens is 359 g/mol. The number of piperazine rings is 1. The minimum Gasteiger partial charge on any atom is -0.360 e. The van der Waals surface area contributed by atoms with Crippen molar-refractivity contribution < 1.29 is 18.9 Å². The number of hydrogen-bond donors (Lipinski definition) is 3. The molecule has 1 aliphatic heterocycles. The van der Waals surface area contributed by atoms with Gasteiger partial charge in [0.05, 0.1) is 31.9 Å². The van der Waals surface area contributed by atoms with E-state index in [1.54, 1.807) is 6.07 Å². The van der Waals surface area contributed by atoms with Crippen molar-refractivity contribution in [2.24, 2.45) is 0 Å². The lowest BCUT2D eigenvalue weighted by Crippen LogP contribution is -3.16. The summed E-state index contributed by atoms with van der Waals surface area (Å²) in [6.07, 6.45) is 0. The Morgan fingerprint density at radius 2 is 1.79 bits per heavy atom. The Kier molecular flexibility index (Phi) is 6.26. The first-order valence-corrected chi connectivity index (χ1v) is 9.44. The quantitative estimate of drug-likeness (QED) is 0.747. The van der Waals surface area contributed by atoms with Gasteiger partial charge in [0.25, 0.3) is 5.91 Å². The number of benzene rings is 2. The average molecular weight is 385 g/mol. The van der Waals surface area contributed by atoms with Crippen molar-refractivity contribution >= 4 is 23.3 Å². The zero-order chi connectivity index (χ0) is 20.1. The first kappa shape index (κ1) is 19.8. The van der Waals surface area contributed by atoms with Gasteiger partial charge >= 0.3 is 6.03 Å². The third-order valence-electron chi connectivity index (χ3n) is 5.17. The molecule has 2 aromatic carbocycles. The maximum atomic E-state index is 13.6. The Morgan fingerprint density at radius 3 is 2.50 bits per heavy atom. The highest BCUT2D eigenvalue weighted by atomic mass is 19.1. The van der Waals surface area contributed by atoms with Crippen molar-refractivity contribution in [1.29, 1.82) is 0 Å². The predicted octanol–water partition coefficient (Wildman–Crippen LogP) is 1.50. The van der Waals surface area contributed by atoms with E-state index in [4.69, 9.17) is 0 Å². The number of nitrogens with one attached hydrogen (secondary N) is 3. The van der Waals surface area contributed by atoms with Crippen LogP contribution in [0.2, 0.25) is 0 Å². The molecular formula is C21H26FN4O2+. The molecule has 0 saturated carbocycles. The third-order valence-corrected chi connectivity index (χ3v) is 5.17. The molecule has 1 aliphatic rings. The Labute approximate surface area is 164 Å². The van der Waals surface area contributed by atoms with Crippen LogP contribution in [-0.4, -0.2) is 44.7 Å². The summed E-state index contributed by atoms with van der Waals surface area (Å²) in [4.78, 5) is 27.5. The van der Waals surface area contributed by atoms with E-state index in [0.29, 0.717) is 0 Å². The minimum atomic E-state index is -0.719. The fraction of sp³-hybridized carbons (Fsp3) is 0.333. The van der Waals surface area contributed by atoms with Gasteiger partial charge < -0.3 is 15.1 Å². The smallest absolute Gasteiger partial charge is 0.326 e. The highest BCUT2D eigenvalue weighted by Gasteiger charge is 2.24. The number of nitrogens with zero attached hydrogens (tertiary/aromatic N) is 1. The van der Waals surface area contributed by atoms with Crippen LogP contribution in [0.3, 0.4) is 0 Å². The van der Waals surface area contributed by atoms with Gasteiger partial charge in [-0.3, -0.25) is 10.1 Å². The number of urea groups is 1. The fourth-order valence-electron chi connectivity index (χ4n) is 3.43. The van der Waals surface area contributed by atoms with Crippen molar-refractivity contribution in [3.8, 4) is 0 Å². The second-order valence-corrected chi connectivity index (χ2v) is 7.12. The van der Waals surface area contributed by atoms with E-state index in [1.165, 1.54) is 35.0 Å². The van der Waals surface area contributed by atoms with E-state index < -0.39 is 11.8 Å². The maximum absolute atomic E-state index is 13.6. The van der Waals surface area contributed by atoms with Gasteiger partial charge in [0.2, 0.25) is 0 Å². The number of halogens is 1. The molecule has 28 heavy (non-hydrogen) atoms. The second kappa shape index (κ2) is 8.84. The van der Waals surface area contributed by atoms with Crippen molar-refractivity contribution in [2.75, 3.05) is 42.9 Å². The number of aryl methyl sites for hydroxylation is 1. The standard InChI is InChI=1S/C21H25FN4O2/c1-15-6-5-9-19(16(15)2)26-12-10-25(11-13-26)14-20(27)24-21(28)23-18-8-4-3-7-17(18)22/h3-9H,10-14H2,1-2H3,(H2,23,24,27,28)/p+1. The molecule has 2 aromatic rings. The Hall–Kier alpha value is -2.93. The van der Waals surface area contributed by atoms with E-state index in [-0.39, 0.29) is 18.1 Å². The molecule has 1 saturated heterocycles. The number of rotatable bonds is 4. The van der Waals surface area contributed by atoms with Crippen LogP contribution in [0.5, 0.6) is 0 Å². The lowest BCUT2D eigenvalue weighted by molar-refractivity contribution is -0.892. The number of carbonyl (C=O) groups is 2. The van der Waals surface area contributed by atoms with Gasteiger partial charge in [0, 0.05) is 5.69 Å². The molecule has 7 heteroatoms. The third kappa shape index (κ3) is 4.86. The number of imide groups is 1. The Morgan fingerprint density at radius 1 is 1.07 bits per heavy atom. The molecule has 0 radical (unpaired) electrons. The number of carbonyl (C=O) groups excluding carboxylic acids is 2. The van der Waals surface area contributed by atoms with E-state index in [9.17, 15) is 14.0 Å². The second-order valence-electron chi connectivity index (χ2n) is 7.12. The summed E-state index contributed by atoms with van der Waals surface area (Å²) in [5.74, 6) is -0.915. The number of anilines is 2. The molecule has 3 N–H and O–H groups in total. The molecule has 0 atom stereocenters. The highest BCUT2D eigenvalue weighted by Crippen LogP contribution is 2.22. The average Bonchev–Trinajstić information content (AvgIpc) is 2.66. The molecule has 1 fully saturated rings. The van der Waals surface area contributed by atoms with Gasteiger partial charge in [-0.1, -0.05) is 24.3 Å². The monoisotopic (exact) mass is 385 g/mol. The number of para-hydroxylation sites is 1. The van der Waals surface area contributed by atoms with Crippen LogP contribution in [0, 0.1) is 19.7 Å². The molecule has 3 rings (SSSR count). The van der Waals surface area contributed by atoms with Crippen LogP contribution in [0.4, 0.5) is 20.6 Å². The molecule has 0 spiro atoms. The van der Waals surface area contributed by atoms with Crippen molar-refractivity contribution in [3.63, 3.8) is 0 Å². The zero-order valence-electron chi connectivity index (χ0n) is 16.2. The maximum Gasteiger partial charge on any atom is 0.326 e. The predicted molar refractivity (Wildman–Crippen MR) is 107 cm³/mol. The number of amides is 3. The molecule has 0 aliphatic carbocycles. The SMILES string of the molecule is Cc1cccc(N2CC[NH+](CC(=O)NC(=O)Nc3ccccc3F)CC2)c1C. The lowest BCUT2D eigenvalue weighted by Gasteiger charge is -2.34. The molecule has 3 amide bonds. The van der Waals surface area contributed by atoms with E-state index >= 15 is 0 Å². The summed E-state index contributed by atoms with van der Waals surface area (Å²) in [6, 6.07) is 11.4. The van der Waals surface area contributed by atoms with Crippen LogP contribution in [0.15, 0.2) is 42.5 Å². The number of quaternary nitrogens is 1. The fourth-order valence-corrected chi connectivity index (χ4v) is 3.43. The van der Waals surface area contributed by atoms with Crippen LogP contribution in [0.25, 0.3) is 0 Å². The normalized spacial score (nSPS) is 14.6. The minimum absolute atomic E-state index is 0.0438. The molecule has 0 unspecified atom stereocenters. The van der Waals surface area contributed by atoms with Gasteiger partial charge in [-0.2, -0.15) is 0 Å². The summed E-state index contributed by atoms with van der Waals surface area (Å²) < 4.78 is 13.6. The van der Waals surface area contributed by atoms with Gasteiger partial charge in [-0.05, 0) is 43.2 Å². The molecule has 0 aromatic heterocycles. The van der Waals surface area contributed by atoms with Crippen molar-refractivity contribution in [3.05, 3.63) is 59.4 Å². The topological polar surface area (TPSA) is 65.9 Å². The first-order valence-electron chi connectivity index (χ1n) is 9.44. The molecule has 0 bridgehead atoms. The zero-order valence-corrected chi connectivity index (χ0v) is 16.2. The Balaban J connectivity index is 1.46. The largest absolute Gasteiger partial charge is 0.360 e.